The van der Waals surface area contributed by atoms with Crippen molar-refractivity contribution in [1.29, 1.82) is 5.41 Å². The summed E-state index contributed by atoms with van der Waals surface area (Å²) in [5.74, 6) is -3.46. The Morgan fingerprint density at radius 1 is 0.931 bits per heavy atom. The van der Waals surface area contributed by atoms with Crippen LogP contribution in [0, 0.1) is 5.41 Å². The molecule has 39 heteroatoms. The molecule has 0 saturated carbocycles. The van der Waals surface area contributed by atoms with Gasteiger partial charge in [-0.3, -0.25) is 43.0 Å². The molecule has 5 atom stereocenters. The van der Waals surface area contributed by atoms with Crippen molar-refractivity contribution < 1.29 is 106 Å². The predicted octanol–water partition coefficient (Wildman–Crippen LogP) is 2.81. The second-order valence-corrected chi connectivity index (χ2v) is 27.4. The molecule has 87 heavy (non-hydrogen) atoms. The minimum atomic E-state index is -5.23. The lowest BCUT2D eigenvalue weighted by Gasteiger charge is -2.28. The summed E-state index contributed by atoms with van der Waals surface area (Å²) in [6.45, 7) is 6.24. The number of phosphoric ester groups is 1. The normalized spacial score (nSPS) is 14.4. The SMILES string of the molecule is C[C@H](C[C@@H](OCSSC(C)(C)CNC(=O)CCOCCOCCOCCOCCNC(=O)c1ccc(-c2c3ccc(=N)c(S(=O)(=O)O)c-3oc3c(S(=O)(=O)O)c(N)ccc23)c(C(=O)O)c1)[C@H](O)COP(=O)(O)O[PH](=O)O)n1cnc2c(=O)[nH]c(N)nc21. The lowest BCUT2D eigenvalue weighted by atomic mass is 9.89. The molecule has 2 unspecified atom stereocenters. The van der Waals surface area contributed by atoms with Crippen molar-refractivity contribution in [2.24, 2.45) is 0 Å². The van der Waals surface area contributed by atoms with Gasteiger partial charge in [-0.15, -0.1) is 0 Å². The van der Waals surface area contributed by atoms with Gasteiger partial charge >= 0.3 is 22.0 Å². The number of nitrogens with two attached hydrogens (primary N) is 2. The van der Waals surface area contributed by atoms with Crippen molar-refractivity contribution in [1.82, 2.24) is 30.2 Å². The number of fused-ring (bicyclic) bond motifs is 3. The highest BCUT2D eigenvalue weighted by Crippen LogP contribution is 2.51. The molecule has 2 aliphatic rings. The number of nitrogens with zero attached hydrogens (tertiary/aromatic N) is 3. The molecular formula is C48H63N9O24P2S4. The molecule has 0 saturated heterocycles. The third-order valence-electron chi connectivity index (χ3n) is 12.3. The van der Waals surface area contributed by atoms with E-state index in [1.165, 1.54) is 56.7 Å². The van der Waals surface area contributed by atoms with Crippen LogP contribution in [-0.2, 0) is 66.7 Å². The highest BCUT2D eigenvalue weighted by Gasteiger charge is 2.34. The Bertz CT molecular complexity index is 3850. The van der Waals surface area contributed by atoms with Crippen LogP contribution in [0.25, 0.3) is 44.6 Å². The number of aliphatic hydroxyl groups is 1. The number of carbonyl (C=O) groups excluding carboxylic acids is 2. The maximum Gasteiger partial charge on any atom is 0.479 e. The van der Waals surface area contributed by atoms with Crippen molar-refractivity contribution in [2.75, 3.05) is 90.0 Å². The fraction of sp³-hybridized carbons (Fsp3) is 0.438. The second kappa shape index (κ2) is 31.0. The molecule has 0 fully saturated rings. The molecule has 2 amide bonds. The Hall–Kier alpha value is -5.93. The lowest BCUT2D eigenvalue weighted by molar-refractivity contribution is -0.122. The van der Waals surface area contributed by atoms with E-state index in [0.29, 0.717) is 0 Å². The van der Waals surface area contributed by atoms with E-state index in [9.17, 15) is 69.4 Å². The summed E-state index contributed by atoms with van der Waals surface area (Å²) in [5, 5.41) is 34.0. The van der Waals surface area contributed by atoms with E-state index in [1.54, 1.807) is 6.92 Å². The van der Waals surface area contributed by atoms with E-state index >= 15 is 0 Å². The highest BCUT2D eigenvalue weighted by atomic mass is 33.1. The topological polar surface area (TPSA) is 516 Å². The minimum Gasteiger partial charge on any atom is -0.478 e. The number of aromatic amines is 1. The third kappa shape index (κ3) is 19.8. The van der Waals surface area contributed by atoms with Gasteiger partial charge in [0.1, 0.15) is 12.0 Å². The van der Waals surface area contributed by atoms with Gasteiger partial charge in [0.15, 0.2) is 32.3 Å². The summed E-state index contributed by atoms with van der Waals surface area (Å²) < 4.78 is 137. The van der Waals surface area contributed by atoms with Crippen LogP contribution in [0.2, 0.25) is 0 Å². The maximum atomic E-state index is 13.2. The molecule has 478 valence electrons. The molecule has 3 heterocycles. The zero-order chi connectivity index (χ0) is 64.0. The summed E-state index contributed by atoms with van der Waals surface area (Å²) in [7, 11) is -16.7. The largest absolute Gasteiger partial charge is 0.479 e. The summed E-state index contributed by atoms with van der Waals surface area (Å²) in [4.78, 5) is 78.0. The predicted molar refractivity (Wildman–Crippen MR) is 313 cm³/mol. The Morgan fingerprint density at radius 3 is 2.20 bits per heavy atom. The fourth-order valence-corrected chi connectivity index (χ4v) is 13.3. The fourth-order valence-electron chi connectivity index (χ4n) is 8.32. The van der Waals surface area contributed by atoms with Crippen molar-refractivity contribution in [2.45, 2.75) is 66.4 Å². The summed E-state index contributed by atoms with van der Waals surface area (Å²) in [6.07, 6.45) is -1.18. The van der Waals surface area contributed by atoms with Gasteiger partial charge in [0.2, 0.25) is 11.9 Å². The number of hydrogen-bond acceptors (Lipinski definition) is 26. The van der Waals surface area contributed by atoms with Crippen molar-refractivity contribution in [3.8, 4) is 22.5 Å². The van der Waals surface area contributed by atoms with E-state index < -0.39 is 121 Å². The molecule has 0 bridgehead atoms. The van der Waals surface area contributed by atoms with Gasteiger partial charge in [0.05, 0.1) is 88.5 Å². The second-order valence-electron chi connectivity index (χ2n) is 19.2. The first-order valence-corrected chi connectivity index (χ1v) is 33.6. The van der Waals surface area contributed by atoms with Crippen LogP contribution in [0.15, 0.2) is 67.8 Å². The number of aliphatic hydroxyl groups excluding tert-OH is 1. The Balaban J connectivity index is 0.852. The average molecular weight is 1340 g/mol. The minimum absolute atomic E-state index is 0.00628. The van der Waals surface area contributed by atoms with Gasteiger partial charge in [-0.05, 0) is 69.2 Å². The monoisotopic (exact) mass is 1340 g/mol. The number of H-pyrrole nitrogens is 1. The average Bonchev–Trinajstić information content (AvgIpc) is 1.23. The summed E-state index contributed by atoms with van der Waals surface area (Å²) in [6, 6.07) is 7.43. The number of rotatable bonds is 36. The molecule has 1 aliphatic carbocycles. The van der Waals surface area contributed by atoms with Gasteiger partial charge in [-0.25, -0.2) is 18.7 Å². The van der Waals surface area contributed by atoms with E-state index in [2.05, 4.69) is 29.9 Å². The Labute approximate surface area is 503 Å². The number of benzene rings is 3. The molecule has 0 spiro atoms. The van der Waals surface area contributed by atoms with Gasteiger partial charge < -0.3 is 74.8 Å². The van der Waals surface area contributed by atoms with Crippen molar-refractivity contribution in [3.63, 3.8) is 0 Å². The first-order valence-electron chi connectivity index (χ1n) is 25.7. The summed E-state index contributed by atoms with van der Waals surface area (Å²) >= 11 is 0. The van der Waals surface area contributed by atoms with E-state index in [4.69, 9.17) is 54.4 Å². The number of hydrogen-bond donors (Lipinski definition) is 12. The number of aromatic nitrogens is 4. The number of phosphoric acid groups is 1. The van der Waals surface area contributed by atoms with Crippen molar-refractivity contribution in [3.05, 3.63) is 75.6 Å². The van der Waals surface area contributed by atoms with E-state index in [0.717, 1.165) is 18.2 Å². The van der Waals surface area contributed by atoms with E-state index in [1.807, 2.05) is 13.8 Å². The molecule has 4 aromatic rings. The Morgan fingerprint density at radius 2 is 1.56 bits per heavy atom. The summed E-state index contributed by atoms with van der Waals surface area (Å²) in [5.41, 5.74) is 8.81. The number of carbonyl (C=O) groups is 3. The van der Waals surface area contributed by atoms with Gasteiger partial charge in [0, 0.05) is 52.4 Å². The molecule has 2 aromatic heterocycles. The number of imidazole rings is 1. The first kappa shape index (κ1) is 70.2. The standard InChI is InChI=1S/C48H63N9O24P2S4/c1-26(57-24-54-38-43(57)55-47(51)56-45(38)61)20-35(34(58)22-79-83(66,67)81-82(64)65)78-25-84-85-48(2,3)23-53-36(59)10-12-74-14-16-76-18-19-77-17-15-75-13-11-52-44(60)27-4-5-28(31(21-27)46(62)63)37-29-6-8-32(49)41(86(68,69)70)39(29)80-40-30(37)7-9-33(50)42(40)87(71,72)73/h4-9,21,24,26,34-35,49,58,82H,10-20,22-23,25,50H2,1-3H3,(H,52,60)(H,53,59)(H,62,63)(H,64,65)(H,66,67)(H,68,69,70)(H,71,72,73)(H3,51,55,56,61)/t26-,34-,35-/m1/s1. The maximum absolute atomic E-state index is 13.2. The van der Waals surface area contributed by atoms with Crippen LogP contribution in [0.3, 0.4) is 0 Å². The van der Waals surface area contributed by atoms with Crippen LogP contribution >= 0.6 is 37.7 Å². The first-order chi connectivity index (χ1) is 40.9. The molecule has 33 nitrogen and oxygen atoms in total. The zero-order valence-electron chi connectivity index (χ0n) is 46.4. The molecule has 14 N–H and O–H groups in total. The third-order valence-corrected chi connectivity index (χ3v) is 19.1. The van der Waals surface area contributed by atoms with Crippen LogP contribution in [0.1, 0.15) is 60.4 Å². The van der Waals surface area contributed by atoms with Crippen LogP contribution < -0.4 is 33.0 Å². The zero-order valence-corrected chi connectivity index (χ0v) is 51.5. The van der Waals surface area contributed by atoms with Gasteiger partial charge in [-0.2, -0.15) is 21.8 Å². The number of carboxylic acid groups (broad SMARTS) is 1. The van der Waals surface area contributed by atoms with Crippen LogP contribution in [0.4, 0.5) is 11.6 Å². The van der Waals surface area contributed by atoms with Crippen molar-refractivity contribution >= 4 is 109 Å². The van der Waals surface area contributed by atoms with E-state index in [-0.39, 0.29) is 135 Å². The lowest BCUT2D eigenvalue weighted by Crippen LogP contribution is -2.36. The van der Waals surface area contributed by atoms with Gasteiger partial charge in [-0.1, -0.05) is 27.7 Å². The highest BCUT2D eigenvalue weighted by molar-refractivity contribution is 8.77. The smallest absolute Gasteiger partial charge is 0.478 e. The molecule has 6 rings (SSSR count). The number of amides is 2. The quantitative estimate of drug-likeness (QED) is 0.00512. The number of carboxylic acids is 1. The molecule has 0 radical (unpaired) electrons. The van der Waals surface area contributed by atoms with Crippen LogP contribution in [0.5, 0.6) is 0 Å². The Kier molecular flexibility index (Phi) is 25.0. The molecule has 1 aliphatic heterocycles. The molecule has 2 aromatic carbocycles. The molecular weight excluding hydrogens is 1280 g/mol. The van der Waals surface area contributed by atoms with Crippen LogP contribution in [-0.4, -0.2) is 179 Å². The number of aromatic carboxylic acids is 1. The number of nitrogens with one attached hydrogen (secondary N) is 4. The number of ether oxygens (including phenoxy) is 5. The number of nitrogen functional groups attached to an aromatic ring is 2. The number of anilines is 2. The van der Waals surface area contributed by atoms with Gasteiger partial charge in [0.25, 0.3) is 31.7 Å².